The number of piperidine rings is 1. The molecule has 1 saturated heterocycles. The lowest BCUT2D eigenvalue weighted by Crippen LogP contribution is -2.38. The number of rotatable bonds is 7. The van der Waals surface area contributed by atoms with Gasteiger partial charge in [0.15, 0.2) is 5.13 Å². The maximum Gasteiger partial charge on any atom is 0.226 e. The molecule has 184 valence electrons. The van der Waals surface area contributed by atoms with Gasteiger partial charge in [0.25, 0.3) is 0 Å². The molecule has 1 N–H and O–H groups in total. The normalized spacial score (nSPS) is 15.2. The van der Waals surface area contributed by atoms with E-state index in [1.165, 1.54) is 10.6 Å². The summed E-state index contributed by atoms with van der Waals surface area (Å²) in [5.74, 6) is -0.452. The molecule has 0 saturated carbocycles. The van der Waals surface area contributed by atoms with Crippen LogP contribution in [0.2, 0.25) is 10.0 Å². The molecule has 0 unspecified atom stereocenters. The van der Waals surface area contributed by atoms with Crippen LogP contribution in [0.1, 0.15) is 34.5 Å². The number of nitrogens with zero attached hydrogens (tertiary/aromatic N) is 2. The lowest BCUT2D eigenvalue weighted by molar-refractivity contribution is -0.117. The largest absolute Gasteiger partial charge is 0.302 e. The number of anilines is 1. The third kappa shape index (κ3) is 6.29. The topological polar surface area (TPSA) is 96.4 Å². The van der Waals surface area contributed by atoms with Gasteiger partial charge in [-0.15, -0.1) is 0 Å². The zero-order chi connectivity index (χ0) is 25.2. The van der Waals surface area contributed by atoms with Crippen LogP contribution in [-0.4, -0.2) is 48.7 Å². The molecule has 11 heteroatoms. The van der Waals surface area contributed by atoms with Gasteiger partial charge < -0.3 is 5.32 Å². The monoisotopic (exact) mass is 551 g/mol. The molecule has 7 nitrogen and oxygen atoms in total. The van der Waals surface area contributed by atoms with Crippen molar-refractivity contribution in [3.05, 3.63) is 69.0 Å². The second kappa shape index (κ2) is 10.8. The molecule has 0 aliphatic carbocycles. The predicted molar refractivity (Wildman–Crippen MR) is 140 cm³/mol. The summed E-state index contributed by atoms with van der Waals surface area (Å²) in [5.41, 5.74) is 1.41. The molecule has 35 heavy (non-hydrogen) atoms. The highest BCUT2D eigenvalue weighted by Gasteiger charge is 2.27. The van der Waals surface area contributed by atoms with Gasteiger partial charge in [0.05, 0.1) is 17.0 Å². The fraction of sp³-hybridized carbons (Fsp3) is 0.292. The Kier molecular flexibility index (Phi) is 7.92. The molecule has 3 aromatic rings. The molecule has 1 aliphatic heterocycles. The van der Waals surface area contributed by atoms with Crippen molar-refractivity contribution >= 4 is 61.4 Å². The van der Waals surface area contributed by atoms with Crippen molar-refractivity contribution in [1.82, 2.24) is 9.29 Å². The van der Waals surface area contributed by atoms with Crippen molar-refractivity contribution in [3.63, 3.8) is 0 Å². The highest BCUT2D eigenvalue weighted by molar-refractivity contribution is 7.88. The summed E-state index contributed by atoms with van der Waals surface area (Å²) < 4.78 is 24.8. The van der Waals surface area contributed by atoms with Crippen LogP contribution < -0.4 is 5.32 Å². The van der Waals surface area contributed by atoms with Gasteiger partial charge in [-0.2, -0.15) is 0 Å². The van der Waals surface area contributed by atoms with Gasteiger partial charge in [-0.3, -0.25) is 9.59 Å². The molecule has 1 amide bonds. The van der Waals surface area contributed by atoms with Crippen molar-refractivity contribution in [1.29, 1.82) is 0 Å². The molecule has 1 fully saturated rings. The maximum absolute atomic E-state index is 13.4. The molecule has 1 aliphatic rings. The number of benzene rings is 2. The molecule has 2 aromatic carbocycles. The van der Waals surface area contributed by atoms with Crippen LogP contribution >= 0.6 is 34.5 Å². The Morgan fingerprint density at radius 2 is 1.83 bits per heavy atom. The van der Waals surface area contributed by atoms with Crippen molar-refractivity contribution in [2.45, 2.75) is 19.3 Å². The van der Waals surface area contributed by atoms with Crippen LogP contribution in [0.4, 0.5) is 5.13 Å². The summed E-state index contributed by atoms with van der Waals surface area (Å²) >= 11 is 13.5. The van der Waals surface area contributed by atoms with Crippen molar-refractivity contribution < 1.29 is 18.0 Å². The zero-order valence-corrected chi connectivity index (χ0v) is 22.0. The Bertz CT molecular complexity index is 1370. The minimum absolute atomic E-state index is 0.0737. The van der Waals surface area contributed by atoms with E-state index in [1.807, 2.05) is 0 Å². The van der Waals surface area contributed by atoms with Gasteiger partial charge >= 0.3 is 0 Å². The summed E-state index contributed by atoms with van der Waals surface area (Å²) in [6.07, 6.45) is 2.67. The summed E-state index contributed by atoms with van der Waals surface area (Å²) in [4.78, 5) is 31.0. The van der Waals surface area contributed by atoms with E-state index < -0.39 is 10.0 Å². The van der Waals surface area contributed by atoms with Crippen LogP contribution in [0, 0.1) is 5.92 Å². The van der Waals surface area contributed by atoms with Crippen LogP contribution in [0.5, 0.6) is 0 Å². The third-order valence-corrected chi connectivity index (χ3v) is 8.65. The first-order chi connectivity index (χ1) is 16.6. The SMILES string of the molecule is CS(=O)(=O)N1CCC(CC(=O)Nc2nc(-c3cccc(Cl)c3)c(C(=O)c3ccccc3Cl)s2)CC1. The van der Waals surface area contributed by atoms with Gasteiger partial charge in [0, 0.05) is 35.7 Å². The molecule has 0 radical (unpaired) electrons. The Morgan fingerprint density at radius 3 is 2.49 bits per heavy atom. The smallest absolute Gasteiger partial charge is 0.226 e. The molecular weight excluding hydrogens is 529 g/mol. The van der Waals surface area contributed by atoms with Crippen LogP contribution in [0.15, 0.2) is 48.5 Å². The first-order valence-electron chi connectivity index (χ1n) is 10.9. The number of thiazole rings is 1. The molecule has 0 bridgehead atoms. The van der Waals surface area contributed by atoms with Crippen LogP contribution in [0.25, 0.3) is 11.3 Å². The first kappa shape index (κ1) is 25.8. The van der Waals surface area contributed by atoms with E-state index in [0.29, 0.717) is 62.8 Å². The summed E-state index contributed by atoms with van der Waals surface area (Å²) in [6, 6.07) is 13.8. The number of sulfonamides is 1. The first-order valence-corrected chi connectivity index (χ1v) is 14.3. The second-order valence-corrected chi connectivity index (χ2v) is 12.2. The van der Waals surface area contributed by atoms with Gasteiger partial charge in [0.1, 0.15) is 4.88 Å². The maximum atomic E-state index is 13.4. The average molecular weight is 553 g/mol. The van der Waals surface area contributed by atoms with Gasteiger partial charge in [-0.25, -0.2) is 17.7 Å². The standard InChI is InChI=1S/C24H23Cl2N3O4S2/c1-35(32,33)29-11-9-15(10-12-29)13-20(30)27-24-28-21(16-5-4-6-17(25)14-16)23(34-24)22(31)18-7-2-3-8-19(18)26/h2-8,14-15H,9-13H2,1H3,(H,27,28,30). The average Bonchev–Trinajstić information content (AvgIpc) is 3.22. The number of ketones is 1. The zero-order valence-electron chi connectivity index (χ0n) is 18.8. The van der Waals surface area contributed by atoms with Crippen LogP contribution in [0.3, 0.4) is 0 Å². The number of carbonyl (C=O) groups excluding carboxylic acids is 2. The number of nitrogens with one attached hydrogen (secondary N) is 1. The van der Waals surface area contributed by atoms with E-state index in [9.17, 15) is 18.0 Å². The number of amides is 1. The predicted octanol–water partition coefficient (Wildman–Crippen LogP) is 5.35. The molecular formula is C24H23Cl2N3O4S2. The number of aromatic nitrogens is 1. The lowest BCUT2D eigenvalue weighted by atomic mass is 9.94. The van der Waals surface area contributed by atoms with E-state index in [2.05, 4.69) is 10.3 Å². The molecule has 0 spiro atoms. The Morgan fingerprint density at radius 1 is 1.11 bits per heavy atom. The second-order valence-electron chi connectivity index (χ2n) is 8.37. The number of hydrogen-bond donors (Lipinski definition) is 1. The molecule has 0 atom stereocenters. The van der Waals surface area contributed by atoms with Crippen molar-refractivity contribution in [3.8, 4) is 11.3 Å². The number of hydrogen-bond acceptors (Lipinski definition) is 6. The van der Waals surface area contributed by atoms with Gasteiger partial charge in [-0.1, -0.05) is 58.8 Å². The minimum atomic E-state index is -3.22. The third-order valence-electron chi connectivity index (χ3n) is 5.81. The summed E-state index contributed by atoms with van der Waals surface area (Å²) in [6.45, 7) is 0.812. The van der Waals surface area contributed by atoms with Crippen molar-refractivity contribution in [2.75, 3.05) is 24.7 Å². The molecule has 2 heterocycles. The van der Waals surface area contributed by atoms with E-state index in [4.69, 9.17) is 23.2 Å². The van der Waals surface area contributed by atoms with Crippen LogP contribution in [-0.2, 0) is 14.8 Å². The van der Waals surface area contributed by atoms with Crippen molar-refractivity contribution in [2.24, 2.45) is 5.92 Å². The van der Waals surface area contributed by atoms with Gasteiger partial charge in [0.2, 0.25) is 21.7 Å². The quantitative estimate of drug-likeness (QED) is 0.399. The Hall–Kier alpha value is -2.30. The van der Waals surface area contributed by atoms with E-state index >= 15 is 0 Å². The van der Waals surface area contributed by atoms with E-state index in [0.717, 1.165) is 11.3 Å². The Balaban J connectivity index is 1.55. The van der Waals surface area contributed by atoms with E-state index in [-0.39, 0.29) is 24.0 Å². The molecule has 1 aromatic heterocycles. The lowest BCUT2D eigenvalue weighted by Gasteiger charge is -2.29. The highest BCUT2D eigenvalue weighted by atomic mass is 35.5. The molecule has 4 rings (SSSR count). The fourth-order valence-electron chi connectivity index (χ4n) is 4.00. The van der Waals surface area contributed by atoms with Gasteiger partial charge in [-0.05, 0) is 43.0 Å². The fourth-order valence-corrected chi connectivity index (χ4v) is 6.25. The summed E-state index contributed by atoms with van der Waals surface area (Å²) in [7, 11) is -3.22. The highest BCUT2D eigenvalue weighted by Crippen LogP contribution is 2.35. The number of carbonyl (C=O) groups is 2. The minimum Gasteiger partial charge on any atom is -0.302 e. The number of halogens is 2. The Labute approximate surface area is 218 Å². The summed E-state index contributed by atoms with van der Waals surface area (Å²) in [5, 5.41) is 3.94. The van der Waals surface area contributed by atoms with E-state index in [1.54, 1.807) is 48.5 Å².